The van der Waals surface area contributed by atoms with Gasteiger partial charge in [0, 0.05) is 12.1 Å². The monoisotopic (exact) mass is 257 g/mol. The normalized spacial score (nSPS) is 9.94. The summed E-state index contributed by atoms with van der Waals surface area (Å²) in [5, 5.41) is 10.9. The first kappa shape index (κ1) is 13.5. The maximum absolute atomic E-state index is 13.2. The van der Waals surface area contributed by atoms with E-state index < -0.39 is 5.97 Å². The molecule has 17 heavy (non-hydrogen) atoms. The fourth-order valence-corrected chi connectivity index (χ4v) is 1.68. The molecule has 92 valence electrons. The molecule has 1 aromatic carbocycles. The summed E-state index contributed by atoms with van der Waals surface area (Å²) in [5.74, 6) is -1.70. The smallest absolute Gasteiger partial charge is 0.313 e. The first-order valence-electron chi connectivity index (χ1n) is 4.89. The third-order valence-electron chi connectivity index (χ3n) is 1.89. The molecule has 0 aliphatic rings. The van der Waals surface area contributed by atoms with E-state index in [1.165, 1.54) is 6.07 Å². The molecule has 0 aliphatic carbocycles. The Kier molecular flexibility index (Phi) is 5.48. The third-order valence-corrected chi connectivity index (χ3v) is 2.81. The Morgan fingerprint density at radius 3 is 2.65 bits per heavy atom. The summed E-state index contributed by atoms with van der Waals surface area (Å²) in [6, 6.07) is 6.16. The van der Waals surface area contributed by atoms with Crippen LogP contribution in [-0.2, 0) is 16.1 Å². The van der Waals surface area contributed by atoms with Crippen LogP contribution < -0.4 is 5.32 Å². The molecule has 0 fully saturated rings. The third kappa shape index (κ3) is 5.35. The zero-order chi connectivity index (χ0) is 12.7. The molecule has 1 amide bonds. The molecule has 0 aromatic heterocycles. The number of carbonyl (C=O) groups excluding carboxylic acids is 1. The number of carboxylic acid groups (broad SMARTS) is 1. The number of benzene rings is 1. The topological polar surface area (TPSA) is 66.4 Å². The van der Waals surface area contributed by atoms with Crippen molar-refractivity contribution < 1.29 is 19.1 Å². The lowest BCUT2D eigenvalue weighted by Gasteiger charge is -2.05. The average Bonchev–Trinajstić information content (AvgIpc) is 2.27. The minimum atomic E-state index is -0.961. The Labute approximate surface area is 102 Å². The Morgan fingerprint density at radius 2 is 2.00 bits per heavy atom. The van der Waals surface area contributed by atoms with Gasteiger partial charge in [0.2, 0.25) is 5.91 Å². The molecule has 4 nitrogen and oxygen atoms in total. The van der Waals surface area contributed by atoms with Crippen LogP contribution in [0.15, 0.2) is 24.3 Å². The first-order valence-corrected chi connectivity index (χ1v) is 6.04. The molecule has 0 aliphatic heterocycles. The standard InChI is InChI=1S/C11H12FNO3S/c12-9-4-2-1-3-8(9)5-13-10(14)6-17-7-11(15)16/h1-4H,5-7H2,(H,13,14)(H,15,16). The van der Waals surface area contributed by atoms with Crippen molar-refractivity contribution in [2.24, 2.45) is 0 Å². The summed E-state index contributed by atoms with van der Waals surface area (Å²) in [6.45, 7) is 0.110. The second-order valence-corrected chi connectivity index (χ2v) is 4.24. The zero-order valence-corrected chi connectivity index (χ0v) is 9.80. The van der Waals surface area contributed by atoms with E-state index in [0.717, 1.165) is 11.8 Å². The summed E-state index contributed by atoms with van der Waals surface area (Å²) in [7, 11) is 0. The predicted molar refractivity (Wildman–Crippen MR) is 63.2 cm³/mol. The van der Waals surface area contributed by atoms with Gasteiger partial charge in [-0.3, -0.25) is 9.59 Å². The molecule has 0 heterocycles. The number of carboxylic acids is 1. The maximum atomic E-state index is 13.2. The number of amides is 1. The fraction of sp³-hybridized carbons (Fsp3) is 0.273. The van der Waals surface area contributed by atoms with Gasteiger partial charge in [-0.05, 0) is 6.07 Å². The van der Waals surface area contributed by atoms with Crippen LogP contribution in [0, 0.1) is 5.82 Å². The number of hydrogen-bond donors (Lipinski definition) is 2. The molecule has 1 rings (SSSR count). The summed E-state index contributed by atoms with van der Waals surface area (Å²) < 4.78 is 13.2. The van der Waals surface area contributed by atoms with E-state index in [0.29, 0.717) is 5.56 Å². The second-order valence-electron chi connectivity index (χ2n) is 3.25. The summed E-state index contributed by atoms with van der Waals surface area (Å²) >= 11 is 1.00. The van der Waals surface area contributed by atoms with Crippen LogP contribution in [0.25, 0.3) is 0 Å². The molecule has 0 radical (unpaired) electrons. The van der Waals surface area contributed by atoms with Crippen LogP contribution in [-0.4, -0.2) is 28.5 Å². The number of rotatable bonds is 6. The van der Waals surface area contributed by atoms with Crippen LogP contribution in [0.3, 0.4) is 0 Å². The van der Waals surface area contributed by atoms with E-state index in [1.807, 2.05) is 0 Å². The number of aliphatic carboxylic acids is 1. The first-order chi connectivity index (χ1) is 8.09. The largest absolute Gasteiger partial charge is 0.481 e. The van der Waals surface area contributed by atoms with Crippen molar-refractivity contribution >= 4 is 23.6 Å². The zero-order valence-electron chi connectivity index (χ0n) is 8.98. The van der Waals surface area contributed by atoms with Gasteiger partial charge in [0.15, 0.2) is 0 Å². The molecular formula is C11H12FNO3S. The Bertz CT molecular complexity index is 411. The van der Waals surface area contributed by atoms with Gasteiger partial charge in [-0.15, -0.1) is 11.8 Å². The number of hydrogen-bond acceptors (Lipinski definition) is 3. The highest BCUT2D eigenvalue weighted by atomic mass is 32.2. The van der Waals surface area contributed by atoms with Crippen molar-refractivity contribution in [2.75, 3.05) is 11.5 Å². The van der Waals surface area contributed by atoms with Crippen molar-refractivity contribution in [3.8, 4) is 0 Å². The highest BCUT2D eigenvalue weighted by molar-refractivity contribution is 8.00. The minimum Gasteiger partial charge on any atom is -0.481 e. The lowest BCUT2D eigenvalue weighted by Crippen LogP contribution is -2.25. The predicted octanol–water partition coefficient (Wildman–Crippen LogP) is 1.26. The number of halogens is 1. The van der Waals surface area contributed by atoms with Gasteiger partial charge in [-0.1, -0.05) is 18.2 Å². The summed E-state index contributed by atoms with van der Waals surface area (Å²) in [4.78, 5) is 21.5. The van der Waals surface area contributed by atoms with Crippen molar-refractivity contribution in [3.63, 3.8) is 0 Å². The van der Waals surface area contributed by atoms with Gasteiger partial charge in [-0.2, -0.15) is 0 Å². The summed E-state index contributed by atoms with van der Waals surface area (Å²) in [6.07, 6.45) is 0. The number of thioether (sulfide) groups is 1. The lowest BCUT2D eigenvalue weighted by atomic mass is 10.2. The molecule has 0 atom stereocenters. The Balaban J connectivity index is 2.29. The quantitative estimate of drug-likeness (QED) is 0.805. The molecule has 0 unspecified atom stereocenters. The highest BCUT2D eigenvalue weighted by Gasteiger charge is 2.05. The van der Waals surface area contributed by atoms with Crippen molar-refractivity contribution in [1.82, 2.24) is 5.32 Å². The van der Waals surface area contributed by atoms with E-state index in [4.69, 9.17) is 5.11 Å². The average molecular weight is 257 g/mol. The van der Waals surface area contributed by atoms with Gasteiger partial charge in [0.25, 0.3) is 0 Å². The number of carbonyl (C=O) groups is 2. The van der Waals surface area contributed by atoms with Gasteiger partial charge < -0.3 is 10.4 Å². The van der Waals surface area contributed by atoms with Crippen molar-refractivity contribution in [1.29, 1.82) is 0 Å². The second kappa shape index (κ2) is 6.90. The fourth-order valence-electron chi connectivity index (χ4n) is 1.12. The van der Waals surface area contributed by atoms with Crippen molar-refractivity contribution in [3.05, 3.63) is 35.6 Å². The van der Waals surface area contributed by atoms with Crippen LogP contribution in [0.5, 0.6) is 0 Å². The van der Waals surface area contributed by atoms with E-state index in [2.05, 4.69) is 5.32 Å². The van der Waals surface area contributed by atoms with E-state index >= 15 is 0 Å². The molecule has 0 saturated heterocycles. The highest BCUT2D eigenvalue weighted by Crippen LogP contribution is 2.05. The molecule has 6 heteroatoms. The van der Waals surface area contributed by atoms with Crippen LogP contribution >= 0.6 is 11.8 Å². The summed E-state index contributed by atoms with van der Waals surface area (Å²) in [5.41, 5.74) is 0.407. The van der Waals surface area contributed by atoms with Gasteiger partial charge in [-0.25, -0.2) is 4.39 Å². The van der Waals surface area contributed by atoms with E-state index in [-0.39, 0.29) is 29.8 Å². The molecule has 2 N–H and O–H groups in total. The van der Waals surface area contributed by atoms with Crippen molar-refractivity contribution in [2.45, 2.75) is 6.54 Å². The van der Waals surface area contributed by atoms with Gasteiger partial charge in [0.05, 0.1) is 11.5 Å². The van der Waals surface area contributed by atoms with Crippen LogP contribution in [0.1, 0.15) is 5.56 Å². The molecule has 0 bridgehead atoms. The Morgan fingerprint density at radius 1 is 1.29 bits per heavy atom. The Hall–Kier alpha value is -1.56. The SMILES string of the molecule is O=C(O)CSCC(=O)NCc1ccccc1F. The number of nitrogens with one attached hydrogen (secondary N) is 1. The van der Waals surface area contributed by atoms with E-state index in [1.54, 1.807) is 18.2 Å². The molecule has 1 aromatic rings. The molecular weight excluding hydrogens is 245 g/mol. The molecule has 0 saturated carbocycles. The van der Waals surface area contributed by atoms with Gasteiger partial charge >= 0.3 is 5.97 Å². The van der Waals surface area contributed by atoms with Crippen LogP contribution in [0.4, 0.5) is 4.39 Å². The maximum Gasteiger partial charge on any atom is 0.313 e. The minimum absolute atomic E-state index is 0.0563. The lowest BCUT2D eigenvalue weighted by molar-refractivity contribution is -0.133. The van der Waals surface area contributed by atoms with Gasteiger partial charge in [0.1, 0.15) is 5.82 Å². The van der Waals surface area contributed by atoms with E-state index in [9.17, 15) is 14.0 Å². The molecule has 0 spiro atoms. The van der Waals surface area contributed by atoms with Crippen LogP contribution in [0.2, 0.25) is 0 Å².